The number of benzene rings is 1. The fourth-order valence-electron chi connectivity index (χ4n) is 1.21. The smallest absolute Gasteiger partial charge is 0.189 e. The van der Waals surface area contributed by atoms with Crippen molar-refractivity contribution in [2.24, 2.45) is 0 Å². The van der Waals surface area contributed by atoms with E-state index in [2.05, 4.69) is 5.32 Å². The van der Waals surface area contributed by atoms with E-state index in [0.29, 0.717) is 19.9 Å². The van der Waals surface area contributed by atoms with Gasteiger partial charge in [-0.15, -0.1) is 0 Å². The second-order valence-electron chi connectivity index (χ2n) is 3.30. The van der Waals surface area contributed by atoms with Crippen LogP contribution in [0.2, 0.25) is 0 Å². The van der Waals surface area contributed by atoms with E-state index in [9.17, 15) is 0 Å². The summed E-state index contributed by atoms with van der Waals surface area (Å²) in [6.45, 7) is 4.41. The summed E-state index contributed by atoms with van der Waals surface area (Å²) in [6, 6.07) is 7.81. The first kappa shape index (κ1) is 13.0. The Morgan fingerprint density at radius 3 is 2.62 bits per heavy atom. The molecule has 0 spiro atoms. The first-order valence-electron chi connectivity index (χ1n) is 5.48. The minimum Gasteiger partial charge on any atom is -0.468 e. The highest BCUT2D eigenvalue weighted by molar-refractivity contribution is 5.27. The maximum Gasteiger partial charge on any atom is 0.189 e. The molecule has 0 radical (unpaired) electrons. The Balaban J connectivity index is 2.30. The number of ether oxygens (including phenoxy) is 2. The Bertz CT molecular complexity index is 245. The Morgan fingerprint density at radius 1 is 1.25 bits per heavy atom. The average molecular weight is 225 g/mol. The zero-order valence-corrected chi connectivity index (χ0v) is 9.61. The van der Waals surface area contributed by atoms with Crippen molar-refractivity contribution in [1.29, 1.82) is 0 Å². The van der Waals surface area contributed by atoms with E-state index in [1.54, 1.807) is 0 Å². The van der Waals surface area contributed by atoms with Crippen LogP contribution in [0.5, 0.6) is 5.75 Å². The maximum atomic E-state index is 8.61. The van der Waals surface area contributed by atoms with Crippen LogP contribution in [0.25, 0.3) is 0 Å². The van der Waals surface area contributed by atoms with Crippen LogP contribution in [0.15, 0.2) is 24.3 Å². The normalized spacial score (nSPS) is 10.4. The van der Waals surface area contributed by atoms with Crippen LogP contribution >= 0.6 is 0 Å². The van der Waals surface area contributed by atoms with Crippen LogP contribution < -0.4 is 10.1 Å². The van der Waals surface area contributed by atoms with E-state index in [0.717, 1.165) is 17.9 Å². The molecule has 1 aromatic carbocycles. The number of rotatable bonds is 8. The summed E-state index contributed by atoms with van der Waals surface area (Å²) in [4.78, 5) is 0. The van der Waals surface area contributed by atoms with Crippen molar-refractivity contribution in [3.8, 4) is 5.75 Å². The molecular formula is C12H19NO3. The molecule has 4 nitrogen and oxygen atoms in total. The third kappa shape index (κ3) is 5.11. The Hall–Kier alpha value is -1.10. The van der Waals surface area contributed by atoms with Crippen LogP contribution in [0.3, 0.4) is 0 Å². The van der Waals surface area contributed by atoms with Gasteiger partial charge in [0.25, 0.3) is 0 Å². The van der Waals surface area contributed by atoms with Gasteiger partial charge >= 0.3 is 0 Å². The van der Waals surface area contributed by atoms with Crippen LogP contribution in [0.4, 0.5) is 0 Å². The standard InChI is InChI=1S/C12H19NO3/c1-2-15-10-16-12-5-3-11(4-6-12)9-13-7-8-14/h3-6,13-14H,2,7-10H2,1H3. The third-order valence-corrected chi connectivity index (χ3v) is 2.05. The van der Waals surface area contributed by atoms with Gasteiger partial charge < -0.3 is 19.9 Å². The predicted molar refractivity (Wildman–Crippen MR) is 62.4 cm³/mol. The fourth-order valence-corrected chi connectivity index (χ4v) is 1.21. The topological polar surface area (TPSA) is 50.7 Å². The Kier molecular flexibility index (Phi) is 6.56. The van der Waals surface area contributed by atoms with E-state index in [-0.39, 0.29) is 6.61 Å². The molecule has 0 bridgehead atoms. The van der Waals surface area contributed by atoms with Gasteiger partial charge in [-0.05, 0) is 24.6 Å². The number of nitrogens with one attached hydrogen (secondary N) is 1. The molecule has 1 rings (SSSR count). The summed E-state index contributed by atoms with van der Waals surface area (Å²) in [5.74, 6) is 0.805. The van der Waals surface area contributed by atoms with Gasteiger partial charge in [0, 0.05) is 19.7 Å². The molecule has 0 aliphatic carbocycles. The SMILES string of the molecule is CCOCOc1ccc(CNCCO)cc1. The molecule has 0 aliphatic heterocycles. The lowest BCUT2D eigenvalue weighted by Crippen LogP contribution is -2.17. The number of aliphatic hydroxyl groups excluding tert-OH is 1. The molecule has 0 saturated carbocycles. The first-order valence-corrected chi connectivity index (χ1v) is 5.48. The number of hydrogen-bond acceptors (Lipinski definition) is 4. The first-order chi connectivity index (χ1) is 7.86. The second-order valence-corrected chi connectivity index (χ2v) is 3.30. The van der Waals surface area contributed by atoms with E-state index in [4.69, 9.17) is 14.6 Å². The fraction of sp³-hybridized carbons (Fsp3) is 0.500. The zero-order valence-electron chi connectivity index (χ0n) is 9.61. The lowest BCUT2D eigenvalue weighted by molar-refractivity contribution is 0.0224. The molecule has 0 saturated heterocycles. The summed E-state index contributed by atoms with van der Waals surface area (Å²) < 4.78 is 10.4. The second kappa shape index (κ2) is 8.10. The minimum atomic E-state index is 0.162. The molecule has 90 valence electrons. The van der Waals surface area contributed by atoms with Crippen LogP contribution in [0, 0.1) is 0 Å². The molecule has 0 amide bonds. The summed E-state index contributed by atoms with van der Waals surface area (Å²) in [5, 5.41) is 11.7. The van der Waals surface area contributed by atoms with Crippen molar-refractivity contribution in [3.05, 3.63) is 29.8 Å². The van der Waals surface area contributed by atoms with Gasteiger partial charge in [-0.3, -0.25) is 0 Å². The number of aliphatic hydroxyl groups is 1. The molecule has 1 aromatic rings. The largest absolute Gasteiger partial charge is 0.468 e. The Labute approximate surface area is 96.2 Å². The summed E-state index contributed by atoms with van der Waals surface area (Å²) in [6.07, 6.45) is 0. The van der Waals surface area contributed by atoms with E-state index in [1.165, 1.54) is 0 Å². The molecule has 0 unspecified atom stereocenters. The minimum absolute atomic E-state index is 0.162. The van der Waals surface area contributed by atoms with Crippen molar-refractivity contribution >= 4 is 0 Å². The summed E-state index contributed by atoms with van der Waals surface area (Å²) in [7, 11) is 0. The lowest BCUT2D eigenvalue weighted by atomic mass is 10.2. The van der Waals surface area contributed by atoms with Gasteiger partial charge in [0.2, 0.25) is 0 Å². The maximum absolute atomic E-state index is 8.61. The molecule has 16 heavy (non-hydrogen) atoms. The van der Waals surface area contributed by atoms with E-state index in [1.807, 2.05) is 31.2 Å². The highest BCUT2D eigenvalue weighted by Gasteiger charge is 1.95. The molecule has 4 heteroatoms. The number of hydrogen-bond donors (Lipinski definition) is 2. The monoisotopic (exact) mass is 225 g/mol. The van der Waals surface area contributed by atoms with Gasteiger partial charge in [0.15, 0.2) is 6.79 Å². The van der Waals surface area contributed by atoms with Crippen LogP contribution in [0.1, 0.15) is 12.5 Å². The molecule has 0 aromatic heterocycles. The zero-order chi connectivity index (χ0) is 11.6. The average Bonchev–Trinajstić information content (AvgIpc) is 2.32. The van der Waals surface area contributed by atoms with Crippen molar-refractivity contribution in [3.63, 3.8) is 0 Å². The molecule has 0 fully saturated rings. The molecule has 0 heterocycles. The van der Waals surface area contributed by atoms with Gasteiger partial charge in [-0.1, -0.05) is 12.1 Å². The van der Waals surface area contributed by atoms with Crippen LogP contribution in [-0.2, 0) is 11.3 Å². The van der Waals surface area contributed by atoms with E-state index >= 15 is 0 Å². The van der Waals surface area contributed by atoms with E-state index < -0.39 is 0 Å². The predicted octanol–water partition coefficient (Wildman–Crippen LogP) is 1.14. The summed E-state index contributed by atoms with van der Waals surface area (Å²) in [5.41, 5.74) is 1.16. The highest BCUT2D eigenvalue weighted by Crippen LogP contribution is 2.11. The van der Waals surface area contributed by atoms with Crippen molar-refractivity contribution < 1.29 is 14.6 Å². The molecule has 0 aliphatic rings. The van der Waals surface area contributed by atoms with Crippen molar-refractivity contribution in [2.45, 2.75) is 13.5 Å². The van der Waals surface area contributed by atoms with Gasteiger partial charge in [0.1, 0.15) is 5.75 Å². The van der Waals surface area contributed by atoms with Gasteiger partial charge in [-0.25, -0.2) is 0 Å². The van der Waals surface area contributed by atoms with Gasteiger partial charge in [-0.2, -0.15) is 0 Å². The van der Waals surface area contributed by atoms with Crippen molar-refractivity contribution in [2.75, 3.05) is 26.6 Å². The summed E-state index contributed by atoms with van der Waals surface area (Å²) >= 11 is 0. The Morgan fingerprint density at radius 2 is 2.00 bits per heavy atom. The third-order valence-electron chi connectivity index (χ3n) is 2.05. The highest BCUT2D eigenvalue weighted by atomic mass is 16.7. The van der Waals surface area contributed by atoms with Crippen LogP contribution in [-0.4, -0.2) is 31.7 Å². The lowest BCUT2D eigenvalue weighted by Gasteiger charge is -2.07. The van der Waals surface area contributed by atoms with Gasteiger partial charge in [0.05, 0.1) is 6.61 Å². The molecule has 0 atom stereocenters. The van der Waals surface area contributed by atoms with Crippen molar-refractivity contribution in [1.82, 2.24) is 5.32 Å². The quantitative estimate of drug-likeness (QED) is 0.514. The molecular weight excluding hydrogens is 206 g/mol. The molecule has 2 N–H and O–H groups in total.